The fourth-order valence-electron chi connectivity index (χ4n) is 3.96. The van der Waals surface area contributed by atoms with Gasteiger partial charge < -0.3 is 24.1 Å². The first-order chi connectivity index (χ1) is 15.8. The molecule has 0 bridgehead atoms. The van der Waals surface area contributed by atoms with Crippen molar-refractivity contribution in [3.63, 3.8) is 0 Å². The van der Waals surface area contributed by atoms with Crippen LogP contribution in [-0.2, 0) is 34.6 Å². The van der Waals surface area contributed by atoms with Gasteiger partial charge in [0.2, 0.25) is 9.23 Å². The highest BCUT2D eigenvalue weighted by molar-refractivity contribution is 8.26. The summed E-state index contributed by atoms with van der Waals surface area (Å²) in [4.78, 5) is 0. The van der Waals surface area contributed by atoms with Crippen molar-refractivity contribution in [2.24, 2.45) is 0 Å². The van der Waals surface area contributed by atoms with E-state index < -0.39 is 9.23 Å². The topological polar surface area (TPSA) is 74.2 Å². The Morgan fingerprint density at radius 1 is 0.882 bits per heavy atom. The first-order valence-corrected chi connectivity index (χ1v) is 13.9. The van der Waals surface area contributed by atoms with Crippen LogP contribution in [0.15, 0.2) is 24.3 Å². The van der Waals surface area contributed by atoms with Crippen LogP contribution >= 0.6 is 33.0 Å². The maximum absolute atomic E-state index is 9.26. The van der Waals surface area contributed by atoms with E-state index in [4.69, 9.17) is 34.8 Å². The fraction of sp³-hybridized carbons (Fsp3) is 0.500. The van der Waals surface area contributed by atoms with Crippen molar-refractivity contribution in [2.75, 3.05) is 14.2 Å². The van der Waals surface area contributed by atoms with E-state index in [1.807, 2.05) is 38.1 Å². The third-order valence-electron chi connectivity index (χ3n) is 5.21. The maximum Gasteiger partial charge on any atom is 0.211 e. The number of hydrogen-bond donors (Lipinski definition) is 1. The smallest absolute Gasteiger partial charge is 0.211 e. The first-order valence-electron chi connectivity index (χ1n) is 10.5. The van der Waals surface area contributed by atoms with E-state index in [0.717, 1.165) is 52.5 Å². The molecule has 0 saturated heterocycles. The highest BCUT2D eigenvalue weighted by Gasteiger charge is 2.33. The predicted molar refractivity (Wildman–Crippen MR) is 138 cm³/mol. The van der Waals surface area contributed by atoms with Gasteiger partial charge in [-0.1, -0.05) is 0 Å². The molecule has 2 aliphatic rings. The van der Waals surface area contributed by atoms with E-state index in [2.05, 4.69) is 35.2 Å². The minimum absolute atomic E-state index is 0.0182. The lowest BCUT2D eigenvalue weighted by Gasteiger charge is -2.17. The van der Waals surface area contributed by atoms with Crippen LogP contribution in [0.25, 0.3) is 0 Å². The molecule has 34 heavy (non-hydrogen) atoms. The molecule has 190 valence electrons. The Morgan fingerprint density at radius 3 is 1.62 bits per heavy atom. The molecule has 2 aliphatic heterocycles. The van der Waals surface area contributed by atoms with E-state index in [9.17, 15) is 5.11 Å². The summed E-state index contributed by atoms with van der Waals surface area (Å²) >= 11 is 5.90. The third kappa shape index (κ3) is 7.82. The minimum atomic E-state index is -1.67. The summed E-state index contributed by atoms with van der Waals surface area (Å²) < 4.78 is 31.2. The van der Waals surface area contributed by atoms with Gasteiger partial charge in [0.05, 0.1) is 26.7 Å². The summed E-state index contributed by atoms with van der Waals surface area (Å²) in [6.45, 7) is 8.23. The number of halogens is 3. The number of hydrogen-bond acceptors (Lipinski definition) is 6. The van der Waals surface area contributed by atoms with Crippen LogP contribution in [0, 0.1) is 0 Å². The molecular formula is C24H31Cl3O6S. The van der Waals surface area contributed by atoms with Crippen molar-refractivity contribution < 1.29 is 28.3 Å². The number of methoxy groups -OCH3 is 2. The molecule has 0 spiro atoms. The molecule has 0 fully saturated rings. The second-order valence-corrected chi connectivity index (χ2v) is 11.9. The largest absolute Gasteiger partial charge is 0.497 e. The molecule has 4 rings (SSSR count). The lowest BCUT2D eigenvalue weighted by molar-refractivity contribution is 0.134. The lowest BCUT2D eigenvalue weighted by atomic mass is 10.0. The van der Waals surface area contributed by atoms with Crippen LogP contribution in [0.5, 0.6) is 23.0 Å². The number of ether oxygens (including phenoxy) is 4. The fourth-order valence-corrected chi connectivity index (χ4v) is 4.16. The summed E-state index contributed by atoms with van der Waals surface area (Å²) in [6, 6.07) is 7.76. The second-order valence-electron chi connectivity index (χ2n) is 9.10. The molecule has 0 unspecified atom stereocenters. The number of rotatable bonds is 4. The normalized spacial score (nSPS) is 16.1. The summed E-state index contributed by atoms with van der Waals surface area (Å²) in [5, 5.41) is 9.26. The molecule has 2 heterocycles. The molecule has 0 amide bonds. The average Bonchev–Trinajstić information content (AvgIpc) is 3.24. The zero-order valence-electron chi connectivity index (χ0n) is 20.2. The van der Waals surface area contributed by atoms with Crippen molar-refractivity contribution in [3.05, 3.63) is 46.5 Å². The molecule has 2 aromatic carbocycles. The monoisotopic (exact) mass is 552 g/mol. The average molecular weight is 554 g/mol. The van der Waals surface area contributed by atoms with Crippen molar-refractivity contribution in [3.8, 4) is 23.0 Å². The Labute approximate surface area is 217 Å². The molecule has 0 aromatic heterocycles. The van der Waals surface area contributed by atoms with Gasteiger partial charge in [0.1, 0.15) is 34.2 Å². The number of aliphatic hydroxyl groups is 1. The van der Waals surface area contributed by atoms with Gasteiger partial charge in [0, 0.05) is 56.5 Å². The van der Waals surface area contributed by atoms with Crippen molar-refractivity contribution in [1.29, 1.82) is 0 Å². The Hall–Kier alpha value is -1.38. The van der Waals surface area contributed by atoms with Gasteiger partial charge in [-0.05, 0) is 52.0 Å². The molecule has 0 saturated carbocycles. The van der Waals surface area contributed by atoms with Gasteiger partial charge in [0.15, 0.2) is 0 Å². The minimum Gasteiger partial charge on any atom is -0.497 e. The Balaban J connectivity index is 0.000000208. The maximum atomic E-state index is 9.26. The van der Waals surface area contributed by atoms with E-state index in [1.54, 1.807) is 14.2 Å². The first kappa shape index (κ1) is 28.9. The lowest BCUT2D eigenvalue weighted by Crippen LogP contribution is -2.24. The standard InChI is InChI=1S/C12H15ClO2.C12H16O3.Cl2OS/c2*1-12(2)6-8-4-10(14-3)5-9(7-13)11(8)15-12;1-4(2)3/h4-5H,6-7H2,1-3H3;4-5,13H,6-7H2,1-3H3;. The van der Waals surface area contributed by atoms with Gasteiger partial charge in [-0.15, -0.1) is 11.6 Å². The highest BCUT2D eigenvalue weighted by atomic mass is 36.0. The number of fused-ring (bicyclic) bond motifs is 2. The van der Waals surface area contributed by atoms with Gasteiger partial charge in [0.25, 0.3) is 0 Å². The second kappa shape index (κ2) is 12.0. The number of aliphatic hydroxyl groups excluding tert-OH is 1. The molecule has 1 N–H and O–H groups in total. The van der Waals surface area contributed by atoms with Gasteiger partial charge in [-0.25, -0.2) is 4.21 Å². The van der Waals surface area contributed by atoms with Crippen molar-refractivity contribution in [1.82, 2.24) is 0 Å². The molecule has 0 radical (unpaired) electrons. The summed E-state index contributed by atoms with van der Waals surface area (Å²) in [6.07, 6.45) is 1.76. The molecule has 0 aliphatic carbocycles. The van der Waals surface area contributed by atoms with Crippen molar-refractivity contribution >= 4 is 42.2 Å². The molecule has 6 nitrogen and oxygen atoms in total. The molecule has 0 atom stereocenters. The van der Waals surface area contributed by atoms with Gasteiger partial charge in [-0.2, -0.15) is 0 Å². The number of alkyl halides is 1. The Morgan fingerprint density at radius 2 is 1.26 bits per heavy atom. The van der Waals surface area contributed by atoms with Crippen LogP contribution in [0.1, 0.15) is 49.9 Å². The predicted octanol–water partition coefficient (Wildman–Crippen LogP) is 6.09. The van der Waals surface area contributed by atoms with E-state index in [0.29, 0.717) is 5.88 Å². The van der Waals surface area contributed by atoms with Crippen LogP contribution in [0.2, 0.25) is 0 Å². The summed E-state index contributed by atoms with van der Waals surface area (Å²) in [5.74, 6) is 3.85. The quantitative estimate of drug-likeness (QED) is 0.365. The van der Waals surface area contributed by atoms with Gasteiger partial charge >= 0.3 is 0 Å². The highest BCUT2D eigenvalue weighted by Crippen LogP contribution is 2.41. The Bertz CT molecular complexity index is 947. The zero-order chi connectivity index (χ0) is 25.7. The molecule has 2 aromatic rings. The third-order valence-corrected chi connectivity index (χ3v) is 5.50. The summed E-state index contributed by atoms with van der Waals surface area (Å²) in [5.41, 5.74) is 3.80. The van der Waals surface area contributed by atoms with Crippen molar-refractivity contribution in [2.45, 2.75) is 64.2 Å². The molecular weight excluding hydrogens is 523 g/mol. The zero-order valence-corrected chi connectivity index (χ0v) is 23.3. The Kier molecular flexibility index (Phi) is 10.2. The summed E-state index contributed by atoms with van der Waals surface area (Å²) in [7, 11) is 10.7. The van der Waals surface area contributed by atoms with Crippen LogP contribution < -0.4 is 18.9 Å². The van der Waals surface area contributed by atoms with Crippen LogP contribution in [0.4, 0.5) is 0 Å². The van der Waals surface area contributed by atoms with E-state index in [-0.39, 0.29) is 17.8 Å². The van der Waals surface area contributed by atoms with Gasteiger partial charge in [-0.3, -0.25) is 0 Å². The van der Waals surface area contributed by atoms with Crippen LogP contribution in [0.3, 0.4) is 0 Å². The van der Waals surface area contributed by atoms with Crippen LogP contribution in [-0.4, -0.2) is 34.7 Å². The molecule has 10 heteroatoms. The van der Waals surface area contributed by atoms with E-state index >= 15 is 0 Å². The number of benzene rings is 2. The SMILES string of the molecule is COc1cc(CCl)c2c(c1)CC(C)(C)O2.COc1cc(CO)c2c(c1)CC(C)(C)O2.O=S(Cl)Cl. The van der Waals surface area contributed by atoms with E-state index in [1.165, 1.54) is 5.56 Å².